The van der Waals surface area contributed by atoms with E-state index in [4.69, 9.17) is 0 Å². The van der Waals surface area contributed by atoms with Gasteiger partial charge in [0.1, 0.15) is 34.9 Å². The Kier molecular flexibility index (Phi) is 12.3. The van der Waals surface area contributed by atoms with Crippen LogP contribution in [0.2, 0.25) is 0 Å². The van der Waals surface area contributed by atoms with Gasteiger partial charge in [0, 0.05) is 73.6 Å². The topological polar surface area (TPSA) is 38.7 Å². The van der Waals surface area contributed by atoms with Crippen LogP contribution in [0.15, 0.2) is 128 Å². The summed E-state index contributed by atoms with van der Waals surface area (Å²) < 4.78 is 77.6. The molecule has 6 aromatic rings. The summed E-state index contributed by atoms with van der Waals surface area (Å²) in [6.07, 6.45) is 4.70. The molecular weight excluding hydrogens is 745 g/mol. The fraction of sp³-hybridized carbons (Fsp3) is 0. The molecule has 219 valence electrons. The molecule has 43 heavy (non-hydrogen) atoms. The van der Waals surface area contributed by atoms with Gasteiger partial charge in [0.05, 0.1) is 17.1 Å². The Hall–Kier alpha value is -4.66. The second-order valence-corrected chi connectivity index (χ2v) is 8.52. The molecule has 0 N–H and O–H groups in total. The molecule has 3 aromatic carbocycles. The molecule has 0 atom stereocenters. The SMILES string of the molecule is Fc1ccc(-c2ccccn2)c(F)c1.Fc1ccc(-c2ccccn2)c(F)c1.Fc1ccc(-c2ccccn2)c(F)c1.[Ir]. The summed E-state index contributed by atoms with van der Waals surface area (Å²) in [6, 6.07) is 25.9. The molecule has 0 spiro atoms. The molecule has 3 heterocycles. The van der Waals surface area contributed by atoms with Crippen molar-refractivity contribution in [3.05, 3.63) is 163 Å². The first-order valence-corrected chi connectivity index (χ1v) is 12.4. The third kappa shape index (κ3) is 9.43. The van der Waals surface area contributed by atoms with Gasteiger partial charge in [-0.25, -0.2) is 26.3 Å². The molecule has 0 aliphatic rings. The van der Waals surface area contributed by atoms with E-state index in [1.54, 1.807) is 73.2 Å². The second-order valence-electron chi connectivity index (χ2n) is 8.52. The maximum Gasteiger partial charge on any atom is 0.135 e. The fourth-order valence-corrected chi connectivity index (χ4v) is 3.66. The predicted octanol–water partition coefficient (Wildman–Crippen LogP) is 9.08. The third-order valence-corrected chi connectivity index (χ3v) is 5.62. The molecular formula is C33H21F6IrN3. The van der Waals surface area contributed by atoms with Crippen molar-refractivity contribution < 1.29 is 46.4 Å². The zero-order chi connectivity index (χ0) is 29.9. The number of rotatable bonds is 3. The van der Waals surface area contributed by atoms with Crippen molar-refractivity contribution in [2.45, 2.75) is 0 Å². The summed E-state index contributed by atoms with van der Waals surface area (Å²) >= 11 is 0. The Morgan fingerprint density at radius 1 is 0.349 bits per heavy atom. The molecule has 0 saturated carbocycles. The van der Waals surface area contributed by atoms with Crippen LogP contribution in [0.1, 0.15) is 0 Å². The van der Waals surface area contributed by atoms with Crippen LogP contribution in [0.3, 0.4) is 0 Å². The third-order valence-electron chi connectivity index (χ3n) is 5.62. The summed E-state index contributed by atoms with van der Waals surface area (Å²) in [7, 11) is 0. The second kappa shape index (κ2) is 16.1. The average Bonchev–Trinajstić information content (AvgIpc) is 2.99. The maximum atomic E-state index is 13.3. The van der Waals surface area contributed by atoms with Crippen LogP contribution < -0.4 is 0 Å². The first-order chi connectivity index (χ1) is 20.3. The minimum Gasteiger partial charge on any atom is -0.256 e. The van der Waals surface area contributed by atoms with Gasteiger partial charge in [0.25, 0.3) is 0 Å². The Labute approximate surface area is 257 Å². The van der Waals surface area contributed by atoms with Crippen molar-refractivity contribution in [3.63, 3.8) is 0 Å². The first kappa shape index (κ1) is 32.8. The molecule has 6 rings (SSSR count). The van der Waals surface area contributed by atoms with Gasteiger partial charge >= 0.3 is 0 Å². The van der Waals surface area contributed by atoms with Crippen molar-refractivity contribution in [1.82, 2.24) is 15.0 Å². The molecule has 0 fully saturated rings. The number of nitrogens with zero attached hydrogens (tertiary/aromatic N) is 3. The molecule has 0 aliphatic carbocycles. The molecule has 10 heteroatoms. The van der Waals surface area contributed by atoms with E-state index >= 15 is 0 Å². The van der Waals surface area contributed by atoms with Gasteiger partial charge in [-0.3, -0.25) is 15.0 Å². The van der Waals surface area contributed by atoms with Gasteiger partial charge in [-0.1, -0.05) is 18.2 Å². The first-order valence-electron chi connectivity index (χ1n) is 12.4. The Morgan fingerprint density at radius 3 is 0.837 bits per heavy atom. The van der Waals surface area contributed by atoms with Gasteiger partial charge in [-0.2, -0.15) is 0 Å². The molecule has 0 amide bonds. The van der Waals surface area contributed by atoms with Crippen LogP contribution in [-0.2, 0) is 20.1 Å². The van der Waals surface area contributed by atoms with Crippen molar-refractivity contribution in [1.29, 1.82) is 0 Å². The summed E-state index contributed by atoms with van der Waals surface area (Å²) in [4.78, 5) is 11.9. The van der Waals surface area contributed by atoms with Crippen LogP contribution in [-0.4, -0.2) is 15.0 Å². The van der Waals surface area contributed by atoms with E-state index in [9.17, 15) is 26.3 Å². The minimum atomic E-state index is -0.594. The zero-order valence-corrected chi connectivity index (χ0v) is 24.5. The molecule has 0 bridgehead atoms. The van der Waals surface area contributed by atoms with Crippen molar-refractivity contribution >= 4 is 0 Å². The van der Waals surface area contributed by atoms with Crippen LogP contribution in [0.4, 0.5) is 26.3 Å². The van der Waals surface area contributed by atoms with Gasteiger partial charge in [0.2, 0.25) is 0 Å². The normalized spacial score (nSPS) is 9.91. The number of halogens is 6. The molecule has 0 aliphatic heterocycles. The molecule has 0 saturated heterocycles. The van der Waals surface area contributed by atoms with Crippen LogP contribution >= 0.6 is 0 Å². The zero-order valence-electron chi connectivity index (χ0n) is 22.1. The maximum absolute atomic E-state index is 13.3. The summed E-state index contributed by atoms with van der Waals surface area (Å²) in [6.45, 7) is 0. The summed E-state index contributed by atoms with van der Waals surface area (Å²) in [5, 5.41) is 0. The van der Waals surface area contributed by atoms with E-state index in [1.165, 1.54) is 36.4 Å². The smallest absolute Gasteiger partial charge is 0.135 e. The van der Waals surface area contributed by atoms with Crippen molar-refractivity contribution in [2.75, 3.05) is 0 Å². The monoisotopic (exact) mass is 766 g/mol. The number of pyridine rings is 3. The van der Waals surface area contributed by atoms with Gasteiger partial charge in [-0.05, 0) is 72.8 Å². The summed E-state index contributed by atoms with van der Waals surface area (Å²) in [5.41, 5.74) is 2.45. The Bertz CT molecular complexity index is 1530. The number of aromatic nitrogens is 3. The number of hydrogen-bond acceptors (Lipinski definition) is 3. The standard InChI is InChI=1S/3C11H7F2N.Ir/c3*12-8-4-5-9(10(13)7-8)11-3-1-2-6-14-11;/h3*1-7H;. The Balaban J connectivity index is 0.000000175. The van der Waals surface area contributed by atoms with E-state index < -0.39 is 34.9 Å². The van der Waals surface area contributed by atoms with Crippen molar-refractivity contribution in [2.24, 2.45) is 0 Å². The average molecular weight is 766 g/mol. The van der Waals surface area contributed by atoms with Crippen LogP contribution in [0.5, 0.6) is 0 Å². The van der Waals surface area contributed by atoms with Gasteiger partial charge in [-0.15, -0.1) is 0 Å². The quantitative estimate of drug-likeness (QED) is 0.169. The molecule has 1 radical (unpaired) electrons. The van der Waals surface area contributed by atoms with Gasteiger partial charge < -0.3 is 0 Å². The van der Waals surface area contributed by atoms with Crippen LogP contribution in [0, 0.1) is 34.9 Å². The van der Waals surface area contributed by atoms with Crippen molar-refractivity contribution in [3.8, 4) is 33.8 Å². The molecule has 3 nitrogen and oxygen atoms in total. The van der Waals surface area contributed by atoms with Gasteiger partial charge in [0.15, 0.2) is 0 Å². The van der Waals surface area contributed by atoms with E-state index in [1.807, 2.05) is 0 Å². The predicted molar refractivity (Wildman–Crippen MR) is 149 cm³/mol. The summed E-state index contributed by atoms with van der Waals surface area (Å²) in [5.74, 6) is -3.53. The van der Waals surface area contributed by atoms with E-state index in [2.05, 4.69) is 15.0 Å². The Morgan fingerprint density at radius 2 is 0.628 bits per heavy atom. The fourth-order valence-electron chi connectivity index (χ4n) is 3.66. The largest absolute Gasteiger partial charge is 0.256 e. The number of benzene rings is 3. The molecule has 3 aromatic heterocycles. The minimum absolute atomic E-state index is 0. The van der Waals surface area contributed by atoms with E-state index in [0.717, 1.165) is 18.2 Å². The number of hydrogen-bond donors (Lipinski definition) is 0. The molecule has 0 unspecified atom stereocenters. The van der Waals surface area contributed by atoms with Crippen LogP contribution in [0.25, 0.3) is 33.8 Å². The van der Waals surface area contributed by atoms with E-state index in [-0.39, 0.29) is 20.1 Å². The van der Waals surface area contributed by atoms with E-state index in [0.29, 0.717) is 33.8 Å².